The number of carbonyl (C=O) groups excluding carboxylic acids is 1. The number of carbonyl (C=O) groups is 1. The highest BCUT2D eigenvalue weighted by Crippen LogP contribution is 2.56. The van der Waals surface area contributed by atoms with Crippen molar-refractivity contribution in [2.75, 3.05) is 0 Å². The minimum absolute atomic E-state index is 0.367. The minimum atomic E-state index is 0.367. The lowest BCUT2D eigenvalue weighted by molar-refractivity contribution is -0.138. The van der Waals surface area contributed by atoms with Crippen LogP contribution in [-0.2, 0) is 4.79 Å². The molecule has 1 unspecified atom stereocenters. The summed E-state index contributed by atoms with van der Waals surface area (Å²) in [7, 11) is 0. The van der Waals surface area contributed by atoms with Gasteiger partial charge in [-0.2, -0.15) is 0 Å². The Balaban J connectivity index is 1.42. The molecule has 5 rings (SSSR count). The average Bonchev–Trinajstić information content (AvgIpc) is 2.67. The van der Waals surface area contributed by atoms with Gasteiger partial charge >= 0.3 is 0 Å². The van der Waals surface area contributed by atoms with Gasteiger partial charge in [-0.05, 0) is 80.5 Å². The van der Waals surface area contributed by atoms with Gasteiger partial charge in [-0.1, -0.05) is 13.8 Å². The zero-order chi connectivity index (χ0) is 13.9. The van der Waals surface area contributed by atoms with Gasteiger partial charge in [0.1, 0.15) is 0 Å². The van der Waals surface area contributed by atoms with Gasteiger partial charge < -0.3 is 5.32 Å². The first-order valence-corrected chi connectivity index (χ1v) is 8.80. The third-order valence-electron chi connectivity index (χ3n) is 6.84. The zero-order valence-corrected chi connectivity index (χ0v) is 13.0. The van der Waals surface area contributed by atoms with E-state index in [1.54, 1.807) is 0 Å². The quantitative estimate of drug-likeness (QED) is 0.817. The maximum Gasteiger partial charge on any atom is 0.223 e. The molecule has 5 saturated carbocycles. The summed E-state index contributed by atoms with van der Waals surface area (Å²) in [6, 6.07) is 0.453. The van der Waals surface area contributed by atoms with Gasteiger partial charge in [-0.25, -0.2) is 0 Å². The predicted octanol–water partition coefficient (Wildman–Crippen LogP) is 3.75. The summed E-state index contributed by atoms with van der Waals surface area (Å²) < 4.78 is 0. The van der Waals surface area contributed by atoms with E-state index in [-0.39, 0.29) is 0 Å². The molecular weight excluding hydrogens is 246 g/mol. The summed E-state index contributed by atoms with van der Waals surface area (Å²) in [5.74, 6) is 4.16. The molecule has 2 nitrogen and oxygen atoms in total. The fraction of sp³-hybridized carbons (Fsp3) is 0.944. The van der Waals surface area contributed by atoms with Gasteiger partial charge in [-0.3, -0.25) is 4.79 Å². The minimum Gasteiger partial charge on any atom is -0.353 e. The summed E-state index contributed by atoms with van der Waals surface area (Å²) in [6.07, 6.45) is 10.5. The molecule has 0 aromatic rings. The number of amides is 1. The Morgan fingerprint density at radius 2 is 1.60 bits per heavy atom. The molecule has 0 radical (unpaired) electrons. The molecule has 4 bridgehead atoms. The Hall–Kier alpha value is -0.530. The van der Waals surface area contributed by atoms with Crippen LogP contribution in [0.1, 0.15) is 65.2 Å². The van der Waals surface area contributed by atoms with Crippen LogP contribution in [0.15, 0.2) is 0 Å². The van der Waals surface area contributed by atoms with Crippen molar-refractivity contribution >= 4 is 5.91 Å². The third-order valence-corrected chi connectivity index (χ3v) is 6.84. The van der Waals surface area contributed by atoms with E-state index in [2.05, 4.69) is 19.2 Å². The van der Waals surface area contributed by atoms with E-state index >= 15 is 0 Å². The van der Waals surface area contributed by atoms with E-state index < -0.39 is 0 Å². The van der Waals surface area contributed by atoms with Crippen molar-refractivity contribution in [2.45, 2.75) is 71.3 Å². The predicted molar refractivity (Wildman–Crippen MR) is 80.1 cm³/mol. The zero-order valence-electron chi connectivity index (χ0n) is 13.0. The van der Waals surface area contributed by atoms with Gasteiger partial charge in [0, 0.05) is 12.0 Å². The Labute approximate surface area is 123 Å². The standard InChI is InChI=1S/C18H29NO/c1-18(2)4-3-15(10-18)19-17(20)16-13-6-11-5-12(8-13)9-14(16)7-11/h11-16H,3-10H2,1-2H3,(H,19,20). The van der Waals surface area contributed by atoms with Gasteiger partial charge in [0.05, 0.1) is 0 Å². The molecule has 1 atom stereocenters. The van der Waals surface area contributed by atoms with E-state index in [1.807, 2.05) is 0 Å². The molecule has 0 aromatic carbocycles. The summed E-state index contributed by atoms with van der Waals surface area (Å²) in [5.41, 5.74) is 0.433. The molecule has 5 fully saturated rings. The van der Waals surface area contributed by atoms with E-state index in [9.17, 15) is 4.79 Å². The van der Waals surface area contributed by atoms with E-state index in [0.717, 1.165) is 23.7 Å². The van der Waals surface area contributed by atoms with E-state index in [4.69, 9.17) is 0 Å². The lowest BCUT2D eigenvalue weighted by Crippen LogP contribution is -2.52. The molecule has 1 N–H and O–H groups in total. The van der Waals surface area contributed by atoms with Crippen LogP contribution >= 0.6 is 0 Å². The average molecular weight is 275 g/mol. The maximum atomic E-state index is 12.8. The van der Waals surface area contributed by atoms with Gasteiger partial charge in [0.15, 0.2) is 0 Å². The lowest BCUT2D eigenvalue weighted by Gasteiger charge is -2.53. The van der Waals surface area contributed by atoms with Crippen LogP contribution < -0.4 is 5.32 Å². The molecule has 2 heteroatoms. The first-order chi connectivity index (χ1) is 9.50. The normalized spacial score (nSPS) is 48.5. The van der Waals surface area contributed by atoms with Crippen molar-refractivity contribution in [1.82, 2.24) is 5.32 Å². The Morgan fingerprint density at radius 1 is 1.00 bits per heavy atom. The molecule has 0 saturated heterocycles. The van der Waals surface area contributed by atoms with Gasteiger partial charge in [-0.15, -0.1) is 0 Å². The summed E-state index contributed by atoms with van der Waals surface area (Å²) in [6.45, 7) is 4.67. The Morgan fingerprint density at radius 3 is 2.10 bits per heavy atom. The van der Waals surface area contributed by atoms with Crippen LogP contribution in [-0.4, -0.2) is 11.9 Å². The second-order valence-electron chi connectivity index (χ2n) is 9.07. The van der Waals surface area contributed by atoms with E-state index in [0.29, 0.717) is 23.3 Å². The molecule has 112 valence electrons. The van der Waals surface area contributed by atoms with Crippen molar-refractivity contribution < 1.29 is 4.79 Å². The van der Waals surface area contributed by atoms with Gasteiger partial charge in [0.2, 0.25) is 5.91 Å². The fourth-order valence-electron chi connectivity index (χ4n) is 6.21. The van der Waals surface area contributed by atoms with Crippen LogP contribution in [0, 0.1) is 35.0 Å². The molecule has 0 heterocycles. The topological polar surface area (TPSA) is 29.1 Å². The second-order valence-corrected chi connectivity index (χ2v) is 9.07. The molecule has 0 aromatic heterocycles. The third kappa shape index (κ3) is 2.19. The first kappa shape index (κ1) is 13.2. The smallest absolute Gasteiger partial charge is 0.223 e. The number of hydrogen-bond donors (Lipinski definition) is 1. The lowest BCUT2D eigenvalue weighted by atomic mass is 9.51. The summed E-state index contributed by atoms with van der Waals surface area (Å²) >= 11 is 0. The molecule has 0 aliphatic heterocycles. The van der Waals surface area contributed by atoms with Crippen LogP contribution in [0.2, 0.25) is 0 Å². The first-order valence-electron chi connectivity index (χ1n) is 8.80. The number of nitrogens with one attached hydrogen (secondary N) is 1. The molecule has 5 aliphatic carbocycles. The largest absolute Gasteiger partial charge is 0.353 e. The summed E-state index contributed by atoms with van der Waals surface area (Å²) in [4.78, 5) is 12.8. The monoisotopic (exact) mass is 275 g/mol. The van der Waals surface area contributed by atoms with Crippen LogP contribution in [0.4, 0.5) is 0 Å². The van der Waals surface area contributed by atoms with Crippen molar-refractivity contribution in [2.24, 2.45) is 35.0 Å². The molecular formula is C18H29NO. The molecule has 5 aliphatic rings. The second kappa shape index (κ2) is 4.48. The fourth-order valence-corrected chi connectivity index (χ4v) is 6.21. The summed E-state index contributed by atoms with van der Waals surface area (Å²) in [5, 5.41) is 3.42. The van der Waals surface area contributed by atoms with Crippen LogP contribution in [0.25, 0.3) is 0 Å². The van der Waals surface area contributed by atoms with E-state index in [1.165, 1.54) is 51.4 Å². The van der Waals surface area contributed by atoms with Gasteiger partial charge in [0.25, 0.3) is 0 Å². The van der Waals surface area contributed by atoms with Crippen molar-refractivity contribution in [3.8, 4) is 0 Å². The Bertz CT molecular complexity index is 386. The van der Waals surface area contributed by atoms with Crippen molar-refractivity contribution in [3.63, 3.8) is 0 Å². The number of hydrogen-bond acceptors (Lipinski definition) is 1. The highest BCUT2D eigenvalue weighted by Gasteiger charge is 2.51. The number of rotatable bonds is 2. The molecule has 20 heavy (non-hydrogen) atoms. The highest BCUT2D eigenvalue weighted by atomic mass is 16.2. The SMILES string of the molecule is CC1(C)CCC(NC(=O)C2C3CC4CC(C3)CC2C4)C1. The van der Waals surface area contributed by atoms with Crippen molar-refractivity contribution in [1.29, 1.82) is 0 Å². The van der Waals surface area contributed by atoms with Crippen LogP contribution in [0.5, 0.6) is 0 Å². The molecule has 1 amide bonds. The van der Waals surface area contributed by atoms with Crippen LogP contribution in [0.3, 0.4) is 0 Å². The molecule has 0 spiro atoms. The van der Waals surface area contributed by atoms with Crippen molar-refractivity contribution in [3.05, 3.63) is 0 Å². The highest BCUT2D eigenvalue weighted by molar-refractivity contribution is 5.80. The Kier molecular flexibility index (Phi) is 2.95. The maximum absolute atomic E-state index is 12.8.